The zero-order valence-corrected chi connectivity index (χ0v) is 11.8. The highest BCUT2D eigenvalue weighted by Gasteiger charge is 2.28. The van der Waals surface area contributed by atoms with Crippen LogP contribution in [0.3, 0.4) is 0 Å². The van der Waals surface area contributed by atoms with Crippen molar-refractivity contribution in [2.45, 2.75) is 25.4 Å². The lowest BCUT2D eigenvalue weighted by Crippen LogP contribution is -2.42. The van der Waals surface area contributed by atoms with Crippen LogP contribution >= 0.6 is 11.3 Å². The van der Waals surface area contributed by atoms with E-state index < -0.39 is 0 Å². The molecule has 0 aromatic carbocycles. The number of hydrogen-bond donors (Lipinski definition) is 0. The third-order valence-corrected chi connectivity index (χ3v) is 4.31. The van der Waals surface area contributed by atoms with Crippen LogP contribution in [0, 0.1) is 0 Å². The molecule has 0 radical (unpaired) electrons. The van der Waals surface area contributed by atoms with Crippen LogP contribution in [0.25, 0.3) is 0 Å². The fraction of sp³-hybridized carbons (Fsp3) is 0.429. The first-order valence-corrected chi connectivity index (χ1v) is 7.54. The van der Waals surface area contributed by atoms with Crippen molar-refractivity contribution in [3.8, 4) is 0 Å². The highest BCUT2D eigenvalue weighted by molar-refractivity contribution is 7.09. The molecule has 5 nitrogen and oxygen atoms in total. The molecule has 0 atom stereocenters. The van der Waals surface area contributed by atoms with Crippen LogP contribution in [0.4, 0.5) is 0 Å². The van der Waals surface area contributed by atoms with E-state index in [4.69, 9.17) is 9.26 Å². The van der Waals surface area contributed by atoms with Crippen LogP contribution in [0.5, 0.6) is 0 Å². The summed E-state index contributed by atoms with van der Waals surface area (Å²) >= 11 is 1.66. The highest BCUT2D eigenvalue weighted by atomic mass is 32.1. The number of ether oxygens (including phenoxy) is 1. The van der Waals surface area contributed by atoms with Crippen LogP contribution in [0.1, 0.15) is 28.3 Å². The van der Waals surface area contributed by atoms with Crippen LogP contribution in [-0.4, -0.2) is 35.2 Å². The molecule has 1 saturated heterocycles. The van der Waals surface area contributed by atoms with Crippen LogP contribution in [0.15, 0.2) is 34.3 Å². The predicted octanol–water partition coefficient (Wildman–Crippen LogP) is 2.56. The Morgan fingerprint density at radius 3 is 2.90 bits per heavy atom. The average molecular weight is 292 g/mol. The summed E-state index contributed by atoms with van der Waals surface area (Å²) < 4.78 is 10.4. The number of aromatic nitrogens is 1. The van der Waals surface area contributed by atoms with Crippen molar-refractivity contribution in [3.63, 3.8) is 0 Å². The zero-order chi connectivity index (χ0) is 13.8. The molecule has 20 heavy (non-hydrogen) atoms. The van der Waals surface area contributed by atoms with Crippen LogP contribution in [0.2, 0.25) is 0 Å². The van der Waals surface area contributed by atoms with Gasteiger partial charge in [0.15, 0.2) is 0 Å². The lowest BCUT2D eigenvalue weighted by Gasteiger charge is -2.33. The molecule has 2 aromatic rings. The maximum atomic E-state index is 12.6. The summed E-state index contributed by atoms with van der Waals surface area (Å²) in [6, 6.07) is 5.86. The molecule has 1 aliphatic rings. The quantitative estimate of drug-likeness (QED) is 0.869. The third-order valence-electron chi connectivity index (χ3n) is 3.45. The van der Waals surface area contributed by atoms with Gasteiger partial charge in [0.25, 0.3) is 5.91 Å². The second kappa shape index (κ2) is 6.19. The van der Waals surface area contributed by atoms with Crippen molar-refractivity contribution in [2.75, 3.05) is 13.2 Å². The minimum atomic E-state index is -0.0946. The van der Waals surface area contributed by atoms with Crippen molar-refractivity contribution >= 4 is 17.2 Å². The van der Waals surface area contributed by atoms with Gasteiger partial charge < -0.3 is 14.2 Å². The molecule has 6 heteroatoms. The van der Waals surface area contributed by atoms with Crippen LogP contribution in [-0.2, 0) is 11.3 Å². The van der Waals surface area contributed by atoms with E-state index in [9.17, 15) is 4.79 Å². The van der Waals surface area contributed by atoms with Gasteiger partial charge in [-0.1, -0.05) is 11.2 Å². The fourth-order valence-electron chi connectivity index (χ4n) is 2.40. The Bertz CT molecular complexity index is 533. The van der Waals surface area contributed by atoms with Gasteiger partial charge in [-0.15, -0.1) is 11.3 Å². The number of carbonyl (C=O) groups excluding carboxylic acids is 1. The number of hydrogen-bond acceptors (Lipinski definition) is 5. The van der Waals surface area contributed by atoms with Gasteiger partial charge >= 0.3 is 0 Å². The molecule has 0 saturated carbocycles. The molecule has 1 amide bonds. The second-order valence-corrected chi connectivity index (χ2v) is 5.76. The topological polar surface area (TPSA) is 55.6 Å². The molecular formula is C14H16N2O3S. The summed E-state index contributed by atoms with van der Waals surface area (Å²) in [5, 5.41) is 5.65. The number of carbonyl (C=O) groups is 1. The van der Waals surface area contributed by atoms with E-state index in [-0.39, 0.29) is 11.9 Å². The van der Waals surface area contributed by atoms with Gasteiger partial charge in [-0.2, -0.15) is 0 Å². The maximum absolute atomic E-state index is 12.6. The molecule has 0 bridgehead atoms. The van der Waals surface area contributed by atoms with E-state index in [1.807, 2.05) is 22.4 Å². The van der Waals surface area contributed by atoms with Crippen LogP contribution < -0.4 is 0 Å². The molecule has 106 valence electrons. The molecule has 3 heterocycles. The Balaban J connectivity index is 1.80. The Labute approximate surface area is 121 Å². The molecule has 2 aromatic heterocycles. The minimum Gasteiger partial charge on any atom is -0.381 e. The monoisotopic (exact) mass is 292 g/mol. The van der Waals surface area contributed by atoms with Gasteiger partial charge in [-0.3, -0.25) is 4.79 Å². The molecule has 1 aliphatic heterocycles. The first-order valence-electron chi connectivity index (χ1n) is 6.66. The van der Waals surface area contributed by atoms with Crippen molar-refractivity contribution in [1.29, 1.82) is 0 Å². The SMILES string of the molecule is O=C(c1ccno1)N(Cc1cccs1)C1CCOCC1. The number of nitrogens with zero attached hydrogens (tertiary/aromatic N) is 2. The van der Waals surface area contributed by atoms with E-state index in [1.165, 1.54) is 11.1 Å². The normalized spacial score (nSPS) is 16.2. The molecular weight excluding hydrogens is 276 g/mol. The Morgan fingerprint density at radius 1 is 1.40 bits per heavy atom. The first kappa shape index (κ1) is 13.3. The Hall–Kier alpha value is -1.66. The molecule has 0 spiro atoms. The van der Waals surface area contributed by atoms with Crippen molar-refractivity contribution in [1.82, 2.24) is 10.1 Å². The van der Waals surface area contributed by atoms with E-state index >= 15 is 0 Å². The van der Waals surface area contributed by atoms with Crippen molar-refractivity contribution < 1.29 is 14.1 Å². The average Bonchev–Trinajstić information content (AvgIpc) is 3.18. The van der Waals surface area contributed by atoms with Gasteiger partial charge in [0, 0.05) is 30.2 Å². The van der Waals surface area contributed by atoms with E-state index in [0.29, 0.717) is 25.5 Å². The van der Waals surface area contributed by atoms with Crippen molar-refractivity contribution in [3.05, 3.63) is 40.4 Å². The predicted molar refractivity (Wildman–Crippen MR) is 74.5 cm³/mol. The summed E-state index contributed by atoms with van der Waals surface area (Å²) in [5.74, 6) is 0.204. The summed E-state index contributed by atoms with van der Waals surface area (Å²) in [7, 11) is 0. The molecule has 3 rings (SSSR count). The lowest BCUT2D eigenvalue weighted by atomic mass is 10.1. The summed E-state index contributed by atoms with van der Waals surface area (Å²) in [4.78, 5) is 15.6. The smallest absolute Gasteiger partial charge is 0.293 e. The minimum absolute atomic E-state index is 0.0946. The highest BCUT2D eigenvalue weighted by Crippen LogP contribution is 2.22. The van der Waals surface area contributed by atoms with E-state index in [2.05, 4.69) is 5.16 Å². The summed E-state index contributed by atoms with van der Waals surface area (Å²) in [5.41, 5.74) is 0. The molecule has 0 unspecified atom stereocenters. The fourth-order valence-corrected chi connectivity index (χ4v) is 3.10. The van der Waals surface area contributed by atoms with Gasteiger partial charge in [-0.05, 0) is 24.3 Å². The zero-order valence-electron chi connectivity index (χ0n) is 11.0. The number of rotatable bonds is 4. The lowest BCUT2D eigenvalue weighted by molar-refractivity contribution is 0.0247. The molecule has 1 fully saturated rings. The first-order chi connectivity index (χ1) is 9.84. The summed E-state index contributed by atoms with van der Waals surface area (Å²) in [6.45, 7) is 2.02. The van der Waals surface area contributed by atoms with Gasteiger partial charge in [-0.25, -0.2) is 0 Å². The summed E-state index contributed by atoms with van der Waals surface area (Å²) in [6.07, 6.45) is 3.23. The Morgan fingerprint density at radius 2 is 2.25 bits per heavy atom. The van der Waals surface area contributed by atoms with Gasteiger partial charge in [0.2, 0.25) is 5.76 Å². The third kappa shape index (κ3) is 2.91. The molecule has 0 N–H and O–H groups in total. The Kier molecular flexibility index (Phi) is 4.13. The van der Waals surface area contributed by atoms with Gasteiger partial charge in [0.05, 0.1) is 12.7 Å². The number of amides is 1. The largest absolute Gasteiger partial charge is 0.381 e. The maximum Gasteiger partial charge on any atom is 0.293 e. The standard InChI is InChI=1S/C14H16N2O3S/c17-14(13-3-6-15-19-13)16(10-12-2-1-9-20-12)11-4-7-18-8-5-11/h1-3,6,9,11H,4-5,7-8,10H2. The second-order valence-electron chi connectivity index (χ2n) is 4.73. The van der Waals surface area contributed by atoms with E-state index in [1.54, 1.807) is 17.4 Å². The van der Waals surface area contributed by atoms with Gasteiger partial charge in [0.1, 0.15) is 0 Å². The number of thiophene rings is 1. The van der Waals surface area contributed by atoms with Crippen molar-refractivity contribution in [2.24, 2.45) is 0 Å². The van der Waals surface area contributed by atoms with E-state index in [0.717, 1.165) is 12.8 Å². The molecule has 0 aliphatic carbocycles.